The number of rotatable bonds is 6. The largest absolute Gasteiger partial charge is 0.459 e. The summed E-state index contributed by atoms with van der Waals surface area (Å²) >= 11 is 0. The minimum Gasteiger partial charge on any atom is -0.459 e. The average Bonchev–Trinajstić information content (AvgIpc) is 3.20. The van der Waals surface area contributed by atoms with Crippen LogP contribution in [0, 0.1) is 6.92 Å². The van der Waals surface area contributed by atoms with Crippen molar-refractivity contribution in [1.82, 2.24) is 15.1 Å². The first kappa shape index (κ1) is 18.2. The van der Waals surface area contributed by atoms with E-state index in [9.17, 15) is 9.59 Å². The van der Waals surface area contributed by atoms with Crippen molar-refractivity contribution in [2.24, 2.45) is 0 Å². The van der Waals surface area contributed by atoms with Crippen molar-refractivity contribution in [3.63, 3.8) is 0 Å². The van der Waals surface area contributed by atoms with E-state index in [0.29, 0.717) is 38.4 Å². The molecule has 2 heterocycles. The Balaban J connectivity index is 1.36. The van der Waals surface area contributed by atoms with Crippen molar-refractivity contribution in [3.05, 3.63) is 59.5 Å². The standard InChI is InChI=1S/C20H25N3O3/c1-16-5-2-3-6-17(16)15-21-19(24)8-9-22-10-12-23(13-11-22)20(25)18-7-4-14-26-18/h2-7,14H,8-13,15H2,1H3,(H,21,24). The highest BCUT2D eigenvalue weighted by atomic mass is 16.3. The number of nitrogens with one attached hydrogen (secondary N) is 1. The summed E-state index contributed by atoms with van der Waals surface area (Å²) in [7, 11) is 0. The fraction of sp³-hybridized carbons (Fsp3) is 0.400. The lowest BCUT2D eigenvalue weighted by molar-refractivity contribution is -0.121. The van der Waals surface area contributed by atoms with Crippen LogP contribution >= 0.6 is 0 Å². The zero-order valence-electron chi connectivity index (χ0n) is 15.1. The summed E-state index contributed by atoms with van der Waals surface area (Å²) in [6.07, 6.45) is 1.98. The number of furan rings is 1. The third kappa shape index (κ3) is 4.73. The lowest BCUT2D eigenvalue weighted by Crippen LogP contribution is -2.49. The number of amides is 2. The molecule has 0 bridgehead atoms. The lowest BCUT2D eigenvalue weighted by atomic mass is 10.1. The van der Waals surface area contributed by atoms with Crippen LogP contribution in [0.1, 0.15) is 28.1 Å². The zero-order valence-corrected chi connectivity index (χ0v) is 15.1. The van der Waals surface area contributed by atoms with E-state index in [2.05, 4.69) is 10.2 Å². The first-order chi connectivity index (χ1) is 12.6. The van der Waals surface area contributed by atoms with Gasteiger partial charge in [-0.05, 0) is 30.2 Å². The molecule has 26 heavy (non-hydrogen) atoms. The molecule has 3 rings (SSSR count). The molecule has 1 saturated heterocycles. The van der Waals surface area contributed by atoms with Crippen molar-refractivity contribution >= 4 is 11.8 Å². The Kier molecular flexibility index (Phi) is 6.07. The Morgan fingerprint density at radius 1 is 1.08 bits per heavy atom. The van der Waals surface area contributed by atoms with Gasteiger partial charge in [0.25, 0.3) is 5.91 Å². The molecular weight excluding hydrogens is 330 g/mol. The number of carbonyl (C=O) groups excluding carboxylic acids is 2. The quantitative estimate of drug-likeness (QED) is 0.861. The summed E-state index contributed by atoms with van der Waals surface area (Å²) in [5, 5.41) is 2.98. The molecule has 1 aliphatic rings. The van der Waals surface area contributed by atoms with Gasteiger partial charge < -0.3 is 14.6 Å². The van der Waals surface area contributed by atoms with Crippen LogP contribution in [0.15, 0.2) is 47.1 Å². The molecule has 0 radical (unpaired) electrons. The third-order valence-corrected chi connectivity index (χ3v) is 4.78. The van der Waals surface area contributed by atoms with Crippen LogP contribution in [0.5, 0.6) is 0 Å². The number of hydrogen-bond acceptors (Lipinski definition) is 4. The number of hydrogen-bond donors (Lipinski definition) is 1. The Morgan fingerprint density at radius 2 is 1.85 bits per heavy atom. The molecule has 1 aliphatic heterocycles. The summed E-state index contributed by atoms with van der Waals surface area (Å²) < 4.78 is 5.17. The molecule has 6 nitrogen and oxygen atoms in total. The van der Waals surface area contributed by atoms with Gasteiger partial charge >= 0.3 is 0 Å². The fourth-order valence-corrected chi connectivity index (χ4v) is 3.08. The molecule has 6 heteroatoms. The molecule has 138 valence electrons. The van der Waals surface area contributed by atoms with Gasteiger partial charge in [0.2, 0.25) is 5.91 Å². The molecule has 2 aromatic rings. The van der Waals surface area contributed by atoms with Gasteiger partial charge in [-0.15, -0.1) is 0 Å². The van der Waals surface area contributed by atoms with E-state index >= 15 is 0 Å². The van der Waals surface area contributed by atoms with Gasteiger partial charge in [0.15, 0.2) is 5.76 Å². The highest BCUT2D eigenvalue weighted by Crippen LogP contribution is 2.10. The van der Waals surface area contributed by atoms with Crippen LogP contribution < -0.4 is 5.32 Å². The Bertz CT molecular complexity index is 735. The SMILES string of the molecule is Cc1ccccc1CNC(=O)CCN1CCN(C(=O)c2ccco2)CC1. The Hall–Kier alpha value is -2.60. The molecular formula is C20H25N3O3. The second kappa shape index (κ2) is 8.67. The summed E-state index contributed by atoms with van der Waals surface area (Å²) in [4.78, 5) is 28.3. The van der Waals surface area contributed by atoms with E-state index in [1.807, 2.05) is 31.2 Å². The average molecular weight is 355 g/mol. The van der Waals surface area contributed by atoms with E-state index < -0.39 is 0 Å². The zero-order chi connectivity index (χ0) is 18.4. The molecule has 0 atom stereocenters. The lowest BCUT2D eigenvalue weighted by Gasteiger charge is -2.34. The molecule has 1 aromatic heterocycles. The van der Waals surface area contributed by atoms with Gasteiger partial charge in [-0.1, -0.05) is 24.3 Å². The van der Waals surface area contributed by atoms with Crippen LogP contribution in [-0.4, -0.2) is 54.3 Å². The summed E-state index contributed by atoms with van der Waals surface area (Å²) in [5.74, 6) is 0.377. The van der Waals surface area contributed by atoms with Crippen LogP contribution in [0.2, 0.25) is 0 Å². The molecule has 0 unspecified atom stereocenters. The molecule has 0 aliphatic carbocycles. The number of carbonyl (C=O) groups is 2. The van der Waals surface area contributed by atoms with E-state index in [4.69, 9.17) is 4.42 Å². The number of aryl methyl sites for hydroxylation is 1. The maximum Gasteiger partial charge on any atom is 0.289 e. The van der Waals surface area contributed by atoms with E-state index in [-0.39, 0.29) is 11.8 Å². The molecule has 2 amide bonds. The van der Waals surface area contributed by atoms with Crippen LogP contribution in [0.25, 0.3) is 0 Å². The second-order valence-corrected chi connectivity index (χ2v) is 6.56. The monoisotopic (exact) mass is 355 g/mol. The van der Waals surface area contributed by atoms with E-state index in [0.717, 1.165) is 18.7 Å². The van der Waals surface area contributed by atoms with Crippen molar-refractivity contribution in [3.8, 4) is 0 Å². The smallest absolute Gasteiger partial charge is 0.289 e. The maximum absolute atomic E-state index is 12.2. The van der Waals surface area contributed by atoms with Crippen molar-refractivity contribution < 1.29 is 14.0 Å². The van der Waals surface area contributed by atoms with Gasteiger partial charge in [-0.25, -0.2) is 0 Å². The Labute approximate surface area is 153 Å². The first-order valence-electron chi connectivity index (χ1n) is 9.00. The van der Waals surface area contributed by atoms with Crippen molar-refractivity contribution in [1.29, 1.82) is 0 Å². The maximum atomic E-state index is 12.2. The summed E-state index contributed by atoms with van der Waals surface area (Å²) in [6, 6.07) is 11.5. The van der Waals surface area contributed by atoms with E-state index in [1.54, 1.807) is 17.0 Å². The number of benzene rings is 1. The van der Waals surface area contributed by atoms with Crippen LogP contribution in [0.3, 0.4) is 0 Å². The highest BCUT2D eigenvalue weighted by molar-refractivity contribution is 5.91. The fourth-order valence-electron chi connectivity index (χ4n) is 3.08. The summed E-state index contributed by atoms with van der Waals surface area (Å²) in [5.41, 5.74) is 2.33. The normalized spacial score (nSPS) is 15.0. The second-order valence-electron chi connectivity index (χ2n) is 6.56. The van der Waals surface area contributed by atoms with Crippen molar-refractivity contribution in [2.45, 2.75) is 19.9 Å². The molecule has 1 fully saturated rings. The minimum atomic E-state index is -0.0642. The van der Waals surface area contributed by atoms with Crippen molar-refractivity contribution in [2.75, 3.05) is 32.7 Å². The van der Waals surface area contributed by atoms with Gasteiger partial charge in [0, 0.05) is 45.7 Å². The summed E-state index contributed by atoms with van der Waals surface area (Å²) in [6.45, 7) is 6.19. The molecule has 1 aromatic carbocycles. The molecule has 0 saturated carbocycles. The number of nitrogens with zero attached hydrogens (tertiary/aromatic N) is 2. The Morgan fingerprint density at radius 3 is 2.54 bits per heavy atom. The highest BCUT2D eigenvalue weighted by Gasteiger charge is 2.23. The van der Waals surface area contributed by atoms with E-state index in [1.165, 1.54) is 11.8 Å². The minimum absolute atomic E-state index is 0.0577. The topological polar surface area (TPSA) is 65.8 Å². The predicted octanol–water partition coefficient (Wildman–Crippen LogP) is 2.05. The van der Waals surface area contributed by atoms with Gasteiger partial charge in [-0.3, -0.25) is 14.5 Å². The van der Waals surface area contributed by atoms with Crippen LogP contribution in [0.4, 0.5) is 0 Å². The van der Waals surface area contributed by atoms with Crippen LogP contribution in [-0.2, 0) is 11.3 Å². The first-order valence-corrected chi connectivity index (χ1v) is 9.00. The number of piperazine rings is 1. The predicted molar refractivity (Wildman–Crippen MR) is 98.7 cm³/mol. The van der Waals surface area contributed by atoms with Gasteiger partial charge in [0.1, 0.15) is 0 Å². The molecule has 0 spiro atoms. The molecule has 1 N–H and O–H groups in total. The third-order valence-electron chi connectivity index (χ3n) is 4.78. The van der Waals surface area contributed by atoms with Gasteiger partial charge in [-0.2, -0.15) is 0 Å². The van der Waals surface area contributed by atoms with Gasteiger partial charge in [0.05, 0.1) is 6.26 Å².